The number of nitrogens with zero attached hydrogens (tertiary/aromatic N) is 2. The number of amides is 5. The quantitative estimate of drug-likeness (QED) is 0.225. The first kappa shape index (κ1) is 37.8. The third-order valence-electron chi connectivity index (χ3n) is 10.0. The number of methoxy groups -OCH3 is 1. The number of carbonyl (C=O) groups excluding carboxylic acids is 4. The summed E-state index contributed by atoms with van der Waals surface area (Å²) in [5.41, 5.74) is -2.85. The van der Waals surface area contributed by atoms with Gasteiger partial charge in [0.25, 0.3) is 5.91 Å². The summed E-state index contributed by atoms with van der Waals surface area (Å²) in [6.07, 6.45) is 4.16. The highest BCUT2D eigenvalue weighted by atomic mass is 32.2. The third kappa shape index (κ3) is 8.23. The summed E-state index contributed by atoms with van der Waals surface area (Å²) >= 11 is 0. The maximum atomic E-state index is 14.5. The van der Waals surface area contributed by atoms with E-state index in [2.05, 4.69) is 32.2 Å². The van der Waals surface area contributed by atoms with Crippen molar-refractivity contribution < 1.29 is 37.1 Å². The molecule has 1 unspecified atom stereocenters. The number of likely N-dealkylation sites (tertiary alicyclic amines) is 1. The van der Waals surface area contributed by atoms with Crippen molar-refractivity contribution in [1.29, 1.82) is 0 Å². The molecule has 2 saturated carbocycles. The van der Waals surface area contributed by atoms with Crippen LogP contribution >= 0.6 is 0 Å². The van der Waals surface area contributed by atoms with Crippen LogP contribution in [0, 0.1) is 11.3 Å². The Kier molecular flexibility index (Phi) is 10.4. The SMILES string of the molecule is C=CC1C[C@]1(NC(=O)[C@@H]1C[C@@H](Oc2nccc3cc(OC)ccc23)CN1C(=O)[C@@H](NC(=O)NC(C)(C)CC)C(C)(C)C)C(=O)NS(=O)(=O)C1CC1. The number of pyridine rings is 1. The average Bonchev–Trinajstić information content (AvgIpc) is 3.99. The van der Waals surface area contributed by atoms with Crippen molar-refractivity contribution in [3.05, 3.63) is 43.1 Å². The zero-order chi connectivity index (χ0) is 37.5. The number of hydrogen-bond acceptors (Lipinski definition) is 9. The first-order valence-electron chi connectivity index (χ1n) is 17.3. The molecule has 1 saturated heterocycles. The number of fused-ring (bicyclic) bond motifs is 1. The Hall–Kier alpha value is -4.40. The highest BCUT2D eigenvalue weighted by Crippen LogP contribution is 2.45. The van der Waals surface area contributed by atoms with Gasteiger partial charge >= 0.3 is 6.03 Å². The summed E-state index contributed by atoms with van der Waals surface area (Å²) in [7, 11) is -2.32. The highest BCUT2D eigenvalue weighted by molar-refractivity contribution is 7.91. The standard InChI is InChI=1S/C36H50N6O8S/c1-9-22-19-36(22,32(45)41-51(47,48)25-12-13-25)39-29(43)27-18-24(50-30-26-14-11-23(49-8)17-21(26)15-16-37-30)20-42(27)31(44)28(34(3,4)5)38-33(46)40-35(6,7)10-2/h9,11,14-17,22,24-25,27-28H,1,10,12-13,18-20H2,2-8H3,(H,39,43)(H,41,45)(H2,38,40,46)/t22?,24-,27+,28-,36-/m1/s1. The molecule has 15 heteroatoms. The maximum Gasteiger partial charge on any atom is 0.315 e. The number of aromatic nitrogens is 1. The van der Waals surface area contributed by atoms with E-state index in [1.165, 1.54) is 11.0 Å². The summed E-state index contributed by atoms with van der Waals surface area (Å²) in [5.74, 6) is -1.56. The normalized spacial score (nSPS) is 23.9. The first-order chi connectivity index (χ1) is 23.8. The van der Waals surface area contributed by atoms with E-state index in [1.54, 1.807) is 19.4 Å². The number of benzene rings is 1. The van der Waals surface area contributed by atoms with E-state index in [0.717, 1.165) is 5.39 Å². The Balaban J connectivity index is 1.44. The molecule has 2 aromatic rings. The van der Waals surface area contributed by atoms with Gasteiger partial charge in [0.2, 0.25) is 27.7 Å². The van der Waals surface area contributed by atoms with Crippen LogP contribution in [0.4, 0.5) is 4.79 Å². The number of sulfonamides is 1. The van der Waals surface area contributed by atoms with Gasteiger partial charge in [-0.25, -0.2) is 18.2 Å². The van der Waals surface area contributed by atoms with Crippen molar-refractivity contribution in [2.75, 3.05) is 13.7 Å². The Bertz CT molecular complexity index is 1820. The van der Waals surface area contributed by atoms with Crippen molar-refractivity contribution in [3.8, 4) is 11.6 Å². The van der Waals surface area contributed by atoms with Crippen LogP contribution in [-0.2, 0) is 24.4 Å². The van der Waals surface area contributed by atoms with E-state index < -0.39 is 79.6 Å². The molecule has 0 radical (unpaired) electrons. The molecule has 3 aliphatic rings. The van der Waals surface area contributed by atoms with Gasteiger partial charge in [-0.3, -0.25) is 19.1 Å². The fourth-order valence-electron chi connectivity index (χ4n) is 6.28. The van der Waals surface area contributed by atoms with Gasteiger partial charge < -0.3 is 30.3 Å². The fraction of sp³-hybridized carbons (Fsp3) is 0.583. The largest absolute Gasteiger partial charge is 0.497 e. The predicted molar refractivity (Wildman–Crippen MR) is 191 cm³/mol. The summed E-state index contributed by atoms with van der Waals surface area (Å²) in [5, 5.41) is 9.42. The highest BCUT2D eigenvalue weighted by Gasteiger charge is 2.62. The molecular formula is C36H50N6O8S. The minimum atomic E-state index is -3.89. The third-order valence-corrected chi connectivity index (χ3v) is 11.9. The minimum absolute atomic E-state index is 0.0262. The van der Waals surface area contributed by atoms with Gasteiger partial charge in [-0.2, -0.15) is 0 Å². The second-order valence-corrected chi connectivity index (χ2v) is 17.5. The molecule has 51 heavy (non-hydrogen) atoms. The van der Waals surface area contributed by atoms with Crippen molar-refractivity contribution in [2.45, 2.75) is 108 Å². The van der Waals surface area contributed by atoms with Gasteiger partial charge in [0, 0.05) is 29.5 Å². The number of urea groups is 1. The number of ether oxygens (including phenoxy) is 2. The summed E-state index contributed by atoms with van der Waals surface area (Å²) in [6.45, 7) is 14.9. The smallest absolute Gasteiger partial charge is 0.315 e. The first-order valence-corrected chi connectivity index (χ1v) is 18.9. The van der Waals surface area contributed by atoms with Crippen molar-refractivity contribution in [3.63, 3.8) is 0 Å². The Morgan fingerprint density at radius 2 is 1.84 bits per heavy atom. The molecule has 0 spiro atoms. The van der Waals surface area contributed by atoms with E-state index in [9.17, 15) is 27.6 Å². The van der Waals surface area contributed by atoms with Gasteiger partial charge in [-0.15, -0.1) is 6.58 Å². The minimum Gasteiger partial charge on any atom is -0.497 e. The molecule has 0 bridgehead atoms. The second kappa shape index (κ2) is 14.0. The van der Waals surface area contributed by atoms with Crippen LogP contribution in [0.15, 0.2) is 43.1 Å². The van der Waals surface area contributed by atoms with Crippen LogP contribution in [-0.4, -0.2) is 90.2 Å². The zero-order valence-corrected chi connectivity index (χ0v) is 31.2. The summed E-state index contributed by atoms with van der Waals surface area (Å²) in [6, 6.07) is 4.54. The van der Waals surface area contributed by atoms with Crippen molar-refractivity contribution in [2.24, 2.45) is 11.3 Å². The molecule has 14 nitrogen and oxygen atoms in total. The van der Waals surface area contributed by atoms with E-state index >= 15 is 0 Å². The molecule has 2 aliphatic carbocycles. The number of hydrogen-bond donors (Lipinski definition) is 4. The van der Waals surface area contributed by atoms with E-state index in [4.69, 9.17) is 9.47 Å². The van der Waals surface area contributed by atoms with Crippen LogP contribution < -0.4 is 30.1 Å². The Labute approximate surface area is 299 Å². The molecule has 4 N–H and O–H groups in total. The van der Waals surface area contributed by atoms with E-state index in [0.29, 0.717) is 36.3 Å². The molecule has 1 aromatic heterocycles. The molecule has 1 aromatic carbocycles. The number of rotatable bonds is 13. The lowest BCUT2D eigenvalue weighted by molar-refractivity contribution is -0.142. The van der Waals surface area contributed by atoms with Crippen LogP contribution in [0.25, 0.3) is 10.8 Å². The van der Waals surface area contributed by atoms with Crippen LogP contribution in [0.1, 0.15) is 73.6 Å². The van der Waals surface area contributed by atoms with Crippen LogP contribution in [0.5, 0.6) is 11.6 Å². The molecule has 3 fully saturated rings. The zero-order valence-electron chi connectivity index (χ0n) is 30.4. The lowest BCUT2D eigenvalue weighted by Gasteiger charge is -2.36. The number of carbonyl (C=O) groups is 4. The fourth-order valence-corrected chi connectivity index (χ4v) is 7.64. The molecule has 5 amide bonds. The van der Waals surface area contributed by atoms with Gasteiger partial charge in [0.15, 0.2) is 0 Å². The molecule has 2 heterocycles. The lowest BCUT2D eigenvalue weighted by Crippen LogP contribution is -2.61. The topological polar surface area (TPSA) is 185 Å². The molecule has 1 aliphatic heterocycles. The van der Waals surface area contributed by atoms with Crippen molar-refractivity contribution in [1.82, 2.24) is 30.6 Å². The van der Waals surface area contributed by atoms with Gasteiger partial charge in [-0.05, 0) is 74.6 Å². The number of nitrogens with one attached hydrogen (secondary N) is 4. The summed E-state index contributed by atoms with van der Waals surface area (Å²) in [4.78, 5) is 61.2. The van der Waals surface area contributed by atoms with Crippen molar-refractivity contribution >= 4 is 44.5 Å². The molecule has 5 atom stereocenters. The lowest BCUT2D eigenvalue weighted by atomic mass is 9.85. The van der Waals surface area contributed by atoms with Gasteiger partial charge in [-0.1, -0.05) is 33.8 Å². The Morgan fingerprint density at radius 3 is 2.43 bits per heavy atom. The second-order valence-electron chi connectivity index (χ2n) is 15.5. The van der Waals surface area contributed by atoms with Crippen LogP contribution in [0.3, 0.4) is 0 Å². The van der Waals surface area contributed by atoms with E-state index in [-0.39, 0.29) is 19.4 Å². The average molecular weight is 727 g/mol. The van der Waals surface area contributed by atoms with Crippen LogP contribution in [0.2, 0.25) is 0 Å². The van der Waals surface area contributed by atoms with Gasteiger partial charge in [0.05, 0.1) is 18.9 Å². The molecule has 278 valence electrons. The molecule has 5 rings (SSSR count). The maximum absolute atomic E-state index is 14.5. The summed E-state index contributed by atoms with van der Waals surface area (Å²) < 4.78 is 39.2. The Morgan fingerprint density at radius 1 is 1.14 bits per heavy atom. The van der Waals surface area contributed by atoms with E-state index in [1.807, 2.05) is 59.7 Å². The monoisotopic (exact) mass is 726 g/mol. The molecular weight excluding hydrogens is 676 g/mol. The van der Waals surface area contributed by atoms with Gasteiger partial charge in [0.1, 0.15) is 29.5 Å². The predicted octanol–water partition coefficient (Wildman–Crippen LogP) is 3.16.